The standard InChI is InChI=1S/C32H33FN4O4S/c1-42(40,41)36(22-26-12-6-3-7-13-26)24-31(38)37(23-27-15-17-28(33)18-16-27)30(20-25-10-4-2-5-11-25)32(39)35-21-29-14-8-9-19-34-29/h2-19,30H,20-24H2,1H3,(H,35,39)/t30-/m1/s1. The number of benzene rings is 3. The molecular weight excluding hydrogens is 555 g/mol. The van der Waals surface area contributed by atoms with Crippen LogP contribution in [0.15, 0.2) is 109 Å². The van der Waals surface area contributed by atoms with Crippen LogP contribution in [-0.2, 0) is 45.7 Å². The molecular formula is C32H33FN4O4S. The fourth-order valence-electron chi connectivity index (χ4n) is 4.46. The Kier molecular flexibility index (Phi) is 10.5. The third kappa shape index (κ3) is 9.05. The highest BCUT2D eigenvalue weighted by Crippen LogP contribution is 2.17. The van der Waals surface area contributed by atoms with Gasteiger partial charge in [0.15, 0.2) is 0 Å². The molecule has 0 radical (unpaired) electrons. The fourth-order valence-corrected chi connectivity index (χ4v) is 5.19. The van der Waals surface area contributed by atoms with Gasteiger partial charge in [-0.2, -0.15) is 4.31 Å². The first-order valence-electron chi connectivity index (χ1n) is 13.4. The second-order valence-corrected chi connectivity index (χ2v) is 11.9. The Morgan fingerprint density at radius 1 is 0.810 bits per heavy atom. The molecule has 0 aliphatic heterocycles. The van der Waals surface area contributed by atoms with E-state index in [1.165, 1.54) is 17.0 Å². The number of rotatable bonds is 13. The lowest BCUT2D eigenvalue weighted by atomic mass is 10.0. The monoisotopic (exact) mass is 588 g/mol. The highest BCUT2D eigenvalue weighted by molar-refractivity contribution is 7.88. The van der Waals surface area contributed by atoms with Crippen LogP contribution in [0.5, 0.6) is 0 Å². The number of halogens is 1. The second kappa shape index (κ2) is 14.5. The van der Waals surface area contributed by atoms with Gasteiger partial charge in [0.1, 0.15) is 11.9 Å². The van der Waals surface area contributed by atoms with Gasteiger partial charge < -0.3 is 10.2 Å². The zero-order valence-corrected chi connectivity index (χ0v) is 24.1. The Bertz CT molecular complexity index is 1550. The molecule has 8 nitrogen and oxygen atoms in total. The number of nitrogens with one attached hydrogen (secondary N) is 1. The number of hydrogen-bond donors (Lipinski definition) is 1. The van der Waals surface area contributed by atoms with Crippen molar-refractivity contribution in [3.8, 4) is 0 Å². The zero-order valence-electron chi connectivity index (χ0n) is 23.3. The lowest BCUT2D eigenvalue weighted by Gasteiger charge is -2.33. The maximum Gasteiger partial charge on any atom is 0.243 e. The van der Waals surface area contributed by atoms with Crippen molar-refractivity contribution in [1.29, 1.82) is 0 Å². The average Bonchev–Trinajstić information content (AvgIpc) is 2.99. The van der Waals surface area contributed by atoms with Gasteiger partial charge in [0, 0.05) is 25.7 Å². The van der Waals surface area contributed by atoms with Crippen LogP contribution in [-0.4, -0.2) is 53.3 Å². The molecule has 4 rings (SSSR count). The van der Waals surface area contributed by atoms with E-state index in [2.05, 4.69) is 10.3 Å². The summed E-state index contributed by atoms with van der Waals surface area (Å²) in [6.07, 6.45) is 2.85. The molecule has 1 aromatic heterocycles. The molecule has 1 heterocycles. The van der Waals surface area contributed by atoms with Crippen LogP contribution in [0.3, 0.4) is 0 Å². The van der Waals surface area contributed by atoms with E-state index in [1.807, 2.05) is 42.5 Å². The molecule has 0 fully saturated rings. The summed E-state index contributed by atoms with van der Waals surface area (Å²) in [7, 11) is -3.79. The van der Waals surface area contributed by atoms with E-state index < -0.39 is 40.2 Å². The summed E-state index contributed by atoms with van der Waals surface area (Å²) >= 11 is 0. The Hall–Kier alpha value is -4.41. The summed E-state index contributed by atoms with van der Waals surface area (Å²) in [6, 6.07) is 28.2. The minimum absolute atomic E-state index is 0.00890. The summed E-state index contributed by atoms with van der Waals surface area (Å²) in [5.41, 5.74) is 2.77. The molecule has 1 atom stereocenters. The maximum atomic E-state index is 14.0. The van der Waals surface area contributed by atoms with Gasteiger partial charge in [-0.15, -0.1) is 0 Å². The van der Waals surface area contributed by atoms with Gasteiger partial charge in [0.05, 0.1) is 25.0 Å². The van der Waals surface area contributed by atoms with E-state index in [-0.39, 0.29) is 26.1 Å². The number of carbonyl (C=O) groups excluding carboxylic acids is 2. The van der Waals surface area contributed by atoms with Gasteiger partial charge in [-0.1, -0.05) is 78.9 Å². The van der Waals surface area contributed by atoms with Crippen LogP contribution in [0.25, 0.3) is 0 Å². The Balaban J connectivity index is 1.67. The molecule has 0 saturated carbocycles. The summed E-state index contributed by atoms with van der Waals surface area (Å²) in [4.78, 5) is 33.4. The lowest BCUT2D eigenvalue weighted by Crippen LogP contribution is -2.53. The average molecular weight is 589 g/mol. The third-order valence-corrected chi connectivity index (χ3v) is 7.89. The smallest absolute Gasteiger partial charge is 0.243 e. The second-order valence-electron chi connectivity index (χ2n) is 9.91. The molecule has 0 aliphatic carbocycles. The molecule has 42 heavy (non-hydrogen) atoms. The molecule has 218 valence electrons. The van der Waals surface area contributed by atoms with Crippen molar-refractivity contribution in [2.75, 3.05) is 12.8 Å². The number of nitrogens with zero attached hydrogens (tertiary/aromatic N) is 3. The first kappa shape index (κ1) is 30.5. The van der Waals surface area contributed by atoms with Crippen molar-refractivity contribution in [3.63, 3.8) is 0 Å². The maximum absolute atomic E-state index is 14.0. The molecule has 0 spiro atoms. The van der Waals surface area contributed by atoms with E-state index in [4.69, 9.17) is 0 Å². The van der Waals surface area contributed by atoms with E-state index >= 15 is 0 Å². The van der Waals surface area contributed by atoms with Crippen molar-refractivity contribution in [1.82, 2.24) is 19.5 Å². The summed E-state index contributed by atoms with van der Waals surface area (Å²) < 4.78 is 40.3. The Morgan fingerprint density at radius 2 is 1.40 bits per heavy atom. The van der Waals surface area contributed by atoms with Crippen molar-refractivity contribution < 1.29 is 22.4 Å². The van der Waals surface area contributed by atoms with Crippen molar-refractivity contribution in [2.24, 2.45) is 0 Å². The van der Waals surface area contributed by atoms with Crippen LogP contribution in [0, 0.1) is 5.82 Å². The highest BCUT2D eigenvalue weighted by Gasteiger charge is 2.33. The molecule has 0 unspecified atom stereocenters. The van der Waals surface area contributed by atoms with Gasteiger partial charge in [-0.25, -0.2) is 12.8 Å². The van der Waals surface area contributed by atoms with E-state index in [1.54, 1.807) is 54.7 Å². The van der Waals surface area contributed by atoms with Crippen LogP contribution < -0.4 is 5.32 Å². The Morgan fingerprint density at radius 3 is 2.00 bits per heavy atom. The molecule has 3 aromatic carbocycles. The van der Waals surface area contributed by atoms with E-state index in [9.17, 15) is 22.4 Å². The summed E-state index contributed by atoms with van der Waals surface area (Å²) in [5, 5.41) is 2.89. The van der Waals surface area contributed by atoms with Crippen LogP contribution >= 0.6 is 0 Å². The molecule has 1 N–H and O–H groups in total. The van der Waals surface area contributed by atoms with Crippen LogP contribution in [0.4, 0.5) is 4.39 Å². The predicted molar refractivity (Wildman–Crippen MR) is 159 cm³/mol. The van der Waals surface area contributed by atoms with Crippen LogP contribution in [0.2, 0.25) is 0 Å². The van der Waals surface area contributed by atoms with Gasteiger partial charge >= 0.3 is 0 Å². The minimum atomic E-state index is -3.79. The van der Waals surface area contributed by atoms with E-state index in [0.29, 0.717) is 11.3 Å². The predicted octanol–water partition coefficient (Wildman–Crippen LogP) is 3.94. The zero-order chi connectivity index (χ0) is 30.0. The lowest BCUT2D eigenvalue weighted by molar-refractivity contribution is -0.141. The first-order valence-corrected chi connectivity index (χ1v) is 15.3. The number of sulfonamides is 1. The molecule has 0 aliphatic rings. The quantitative estimate of drug-likeness (QED) is 0.255. The minimum Gasteiger partial charge on any atom is -0.349 e. The Labute approximate surface area is 245 Å². The third-order valence-electron chi connectivity index (χ3n) is 6.69. The number of aromatic nitrogens is 1. The normalized spacial score (nSPS) is 12.1. The van der Waals surface area contributed by atoms with Crippen LogP contribution in [0.1, 0.15) is 22.4 Å². The van der Waals surface area contributed by atoms with Gasteiger partial charge in [0.25, 0.3) is 0 Å². The number of carbonyl (C=O) groups is 2. The summed E-state index contributed by atoms with van der Waals surface area (Å²) in [6.45, 7) is -0.373. The van der Waals surface area contributed by atoms with Gasteiger partial charge in [-0.05, 0) is 41.0 Å². The molecule has 10 heteroatoms. The first-order chi connectivity index (χ1) is 20.2. The van der Waals surface area contributed by atoms with Crippen molar-refractivity contribution in [2.45, 2.75) is 32.1 Å². The van der Waals surface area contributed by atoms with Crippen molar-refractivity contribution in [3.05, 3.63) is 138 Å². The number of hydrogen-bond acceptors (Lipinski definition) is 5. The highest BCUT2D eigenvalue weighted by atomic mass is 32.2. The fraction of sp³-hybridized carbons (Fsp3) is 0.219. The molecule has 0 saturated heterocycles. The largest absolute Gasteiger partial charge is 0.349 e. The van der Waals surface area contributed by atoms with E-state index in [0.717, 1.165) is 21.7 Å². The topological polar surface area (TPSA) is 99.7 Å². The SMILES string of the molecule is CS(=O)(=O)N(CC(=O)N(Cc1ccc(F)cc1)[C@H](Cc1ccccc1)C(=O)NCc1ccccn1)Cc1ccccc1. The molecule has 2 amide bonds. The molecule has 0 bridgehead atoms. The number of amides is 2. The van der Waals surface area contributed by atoms with Gasteiger partial charge in [-0.3, -0.25) is 14.6 Å². The van der Waals surface area contributed by atoms with Crippen molar-refractivity contribution >= 4 is 21.8 Å². The molecule has 4 aromatic rings. The summed E-state index contributed by atoms with van der Waals surface area (Å²) in [5.74, 6) is -1.42. The number of pyridine rings is 1. The van der Waals surface area contributed by atoms with Gasteiger partial charge in [0.2, 0.25) is 21.8 Å².